The van der Waals surface area contributed by atoms with Crippen LogP contribution in [0.1, 0.15) is 42.7 Å². The number of benzene rings is 2. The van der Waals surface area contributed by atoms with E-state index in [4.69, 9.17) is 0 Å². The maximum absolute atomic E-state index is 12.6. The van der Waals surface area contributed by atoms with Gasteiger partial charge in [-0.25, -0.2) is 4.79 Å². The molecule has 0 aromatic heterocycles. The maximum atomic E-state index is 12.6. The summed E-state index contributed by atoms with van der Waals surface area (Å²) in [6, 6.07) is 18.1. The standard InChI is InChI=1S/C24H29N3O2/c28-23(26-21-10-2-1-3-11-21)19-13-15-27(16-14-19)24(29)25-17-20-9-6-8-18-7-4-5-12-22(18)20/h1-5,7,10-12,19-20H,6,8-9,13-17H2,(H,25,29)(H,26,28). The summed E-state index contributed by atoms with van der Waals surface area (Å²) < 4.78 is 0. The highest BCUT2D eigenvalue weighted by atomic mass is 16.2. The molecule has 5 nitrogen and oxygen atoms in total. The van der Waals surface area contributed by atoms with Crippen molar-refractivity contribution in [3.8, 4) is 0 Å². The van der Waals surface area contributed by atoms with Crippen LogP contribution < -0.4 is 10.6 Å². The fourth-order valence-corrected chi connectivity index (χ4v) is 4.50. The monoisotopic (exact) mass is 391 g/mol. The Morgan fingerprint density at radius 3 is 2.45 bits per heavy atom. The second kappa shape index (κ2) is 9.12. The van der Waals surface area contributed by atoms with Gasteiger partial charge in [-0.3, -0.25) is 4.79 Å². The molecule has 4 rings (SSSR count). The Kier molecular flexibility index (Phi) is 6.13. The van der Waals surface area contributed by atoms with E-state index in [2.05, 4.69) is 34.9 Å². The van der Waals surface area contributed by atoms with Crippen molar-refractivity contribution < 1.29 is 9.59 Å². The Hall–Kier alpha value is -2.82. The van der Waals surface area contributed by atoms with Gasteiger partial charge in [0, 0.05) is 37.2 Å². The summed E-state index contributed by atoms with van der Waals surface area (Å²) in [5.74, 6) is 0.414. The fraction of sp³-hybridized carbons (Fsp3) is 0.417. The molecule has 2 aromatic rings. The molecule has 2 N–H and O–H groups in total. The van der Waals surface area contributed by atoms with Gasteiger partial charge in [-0.15, -0.1) is 0 Å². The molecular formula is C24H29N3O2. The van der Waals surface area contributed by atoms with E-state index in [1.165, 1.54) is 17.5 Å². The second-order valence-corrected chi connectivity index (χ2v) is 8.09. The molecule has 0 bridgehead atoms. The smallest absolute Gasteiger partial charge is 0.317 e. The van der Waals surface area contributed by atoms with Gasteiger partial charge in [-0.2, -0.15) is 0 Å². The Labute approximate surface area is 172 Å². The van der Waals surface area contributed by atoms with Crippen molar-refractivity contribution in [2.45, 2.75) is 38.0 Å². The third-order valence-electron chi connectivity index (χ3n) is 6.19. The summed E-state index contributed by atoms with van der Waals surface area (Å²) >= 11 is 0. The lowest BCUT2D eigenvalue weighted by Gasteiger charge is -2.32. The lowest BCUT2D eigenvalue weighted by molar-refractivity contribution is -0.121. The molecule has 1 atom stereocenters. The summed E-state index contributed by atoms with van der Waals surface area (Å²) in [5.41, 5.74) is 3.63. The zero-order valence-corrected chi connectivity index (χ0v) is 16.8. The van der Waals surface area contributed by atoms with Crippen molar-refractivity contribution in [3.63, 3.8) is 0 Å². The topological polar surface area (TPSA) is 61.4 Å². The number of para-hydroxylation sites is 1. The number of nitrogens with zero attached hydrogens (tertiary/aromatic N) is 1. The van der Waals surface area contributed by atoms with Crippen LogP contribution in [0.25, 0.3) is 0 Å². The molecule has 0 radical (unpaired) electrons. The summed E-state index contributed by atoms with van der Waals surface area (Å²) in [7, 11) is 0. The molecule has 1 saturated heterocycles. The average Bonchev–Trinajstić information content (AvgIpc) is 2.78. The molecule has 1 aliphatic heterocycles. The number of nitrogens with one attached hydrogen (secondary N) is 2. The lowest BCUT2D eigenvalue weighted by Crippen LogP contribution is -2.47. The number of aryl methyl sites for hydroxylation is 1. The number of urea groups is 1. The zero-order chi connectivity index (χ0) is 20.1. The first-order valence-corrected chi connectivity index (χ1v) is 10.7. The number of carbonyl (C=O) groups excluding carboxylic acids is 2. The van der Waals surface area contributed by atoms with E-state index < -0.39 is 0 Å². The molecule has 29 heavy (non-hydrogen) atoms. The number of hydrogen-bond donors (Lipinski definition) is 2. The van der Waals surface area contributed by atoms with E-state index in [0.29, 0.717) is 38.4 Å². The van der Waals surface area contributed by atoms with E-state index in [1.807, 2.05) is 35.2 Å². The predicted octanol–water partition coefficient (Wildman–Crippen LogP) is 4.17. The van der Waals surface area contributed by atoms with Crippen molar-refractivity contribution in [1.82, 2.24) is 10.2 Å². The number of fused-ring (bicyclic) bond motifs is 1. The van der Waals surface area contributed by atoms with Crippen LogP contribution in [0.5, 0.6) is 0 Å². The van der Waals surface area contributed by atoms with Gasteiger partial charge >= 0.3 is 6.03 Å². The van der Waals surface area contributed by atoms with Gasteiger partial charge in [0.2, 0.25) is 5.91 Å². The largest absolute Gasteiger partial charge is 0.337 e. The fourth-order valence-electron chi connectivity index (χ4n) is 4.50. The zero-order valence-electron chi connectivity index (χ0n) is 16.8. The summed E-state index contributed by atoms with van der Waals surface area (Å²) in [6.07, 6.45) is 4.86. The quantitative estimate of drug-likeness (QED) is 0.822. The van der Waals surface area contributed by atoms with Crippen molar-refractivity contribution >= 4 is 17.6 Å². The first-order chi connectivity index (χ1) is 14.2. The minimum Gasteiger partial charge on any atom is -0.337 e. The molecule has 0 spiro atoms. The number of rotatable bonds is 4. The number of amides is 3. The van der Waals surface area contributed by atoms with Gasteiger partial charge in [-0.05, 0) is 55.4 Å². The van der Waals surface area contributed by atoms with Crippen LogP contribution in [-0.2, 0) is 11.2 Å². The predicted molar refractivity (Wildman–Crippen MR) is 115 cm³/mol. The van der Waals surface area contributed by atoms with Crippen LogP contribution in [-0.4, -0.2) is 36.5 Å². The molecule has 0 saturated carbocycles. The van der Waals surface area contributed by atoms with E-state index >= 15 is 0 Å². The van der Waals surface area contributed by atoms with Gasteiger partial charge < -0.3 is 15.5 Å². The van der Waals surface area contributed by atoms with Crippen LogP contribution in [0.2, 0.25) is 0 Å². The van der Waals surface area contributed by atoms with E-state index in [9.17, 15) is 9.59 Å². The van der Waals surface area contributed by atoms with Gasteiger partial charge in [0.1, 0.15) is 0 Å². The third-order valence-corrected chi connectivity index (χ3v) is 6.19. The van der Waals surface area contributed by atoms with Crippen molar-refractivity contribution in [2.75, 3.05) is 25.0 Å². The number of hydrogen-bond acceptors (Lipinski definition) is 2. The SMILES string of the molecule is O=C(Nc1ccccc1)C1CCN(C(=O)NCC2CCCc3ccccc32)CC1. The molecule has 1 heterocycles. The number of anilines is 1. The number of carbonyl (C=O) groups is 2. The highest BCUT2D eigenvalue weighted by Crippen LogP contribution is 2.31. The normalized spacial score (nSPS) is 19.3. The van der Waals surface area contributed by atoms with E-state index in [1.54, 1.807) is 0 Å². The first-order valence-electron chi connectivity index (χ1n) is 10.7. The molecule has 1 fully saturated rings. The Bertz CT molecular complexity index is 844. The van der Waals surface area contributed by atoms with E-state index in [-0.39, 0.29) is 17.9 Å². The number of piperidine rings is 1. The Morgan fingerprint density at radius 1 is 0.931 bits per heavy atom. The molecule has 2 aliphatic rings. The molecule has 5 heteroatoms. The van der Waals surface area contributed by atoms with Crippen LogP contribution in [0.15, 0.2) is 54.6 Å². The van der Waals surface area contributed by atoms with Crippen molar-refractivity contribution in [1.29, 1.82) is 0 Å². The lowest BCUT2D eigenvalue weighted by atomic mass is 9.83. The highest BCUT2D eigenvalue weighted by molar-refractivity contribution is 5.92. The van der Waals surface area contributed by atoms with Crippen LogP contribution in [0, 0.1) is 5.92 Å². The molecule has 1 aliphatic carbocycles. The summed E-state index contributed by atoms with van der Waals surface area (Å²) in [6.45, 7) is 1.93. The minimum atomic E-state index is -0.0375. The molecular weight excluding hydrogens is 362 g/mol. The van der Waals surface area contributed by atoms with Crippen LogP contribution in [0.3, 0.4) is 0 Å². The second-order valence-electron chi connectivity index (χ2n) is 8.09. The van der Waals surface area contributed by atoms with E-state index in [0.717, 1.165) is 18.5 Å². The molecule has 1 unspecified atom stereocenters. The molecule has 2 aromatic carbocycles. The van der Waals surface area contributed by atoms with Crippen LogP contribution >= 0.6 is 0 Å². The third kappa shape index (κ3) is 4.78. The van der Waals surface area contributed by atoms with Gasteiger partial charge in [0.25, 0.3) is 0 Å². The summed E-state index contributed by atoms with van der Waals surface area (Å²) in [4.78, 5) is 26.9. The molecule has 152 valence electrons. The van der Waals surface area contributed by atoms with Gasteiger partial charge in [0.15, 0.2) is 0 Å². The highest BCUT2D eigenvalue weighted by Gasteiger charge is 2.28. The van der Waals surface area contributed by atoms with Gasteiger partial charge in [0.05, 0.1) is 0 Å². The maximum Gasteiger partial charge on any atom is 0.317 e. The van der Waals surface area contributed by atoms with Crippen molar-refractivity contribution in [3.05, 3.63) is 65.7 Å². The van der Waals surface area contributed by atoms with Gasteiger partial charge in [-0.1, -0.05) is 42.5 Å². The average molecular weight is 392 g/mol. The summed E-state index contributed by atoms with van der Waals surface area (Å²) in [5, 5.41) is 6.11. The Balaban J connectivity index is 1.24. The van der Waals surface area contributed by atoms with Crippen LogP contribution in [0.4, 0.5) is 10.5 Å². The minimum absolute atomic E-state index is 0.00466. The first kappa shape index (κ1) is 19.5. The number of likely N-dealkylation sites (tertiary alicyclic amines) is 1. The Morgan fingerprint density at radius 2 is 1.66 bits per heavy atom. The van der Waals surface area contributed by atoms with Crippen molar-refractivity contribution in [2.24, 2.45) is 5.92 Å². The molecule has 3 amide bonds.